The van der Waals surface area contributed by atoms with Gasteiger partial charge in [-0.2, -0.15) is 0 Å². The summed E-state index contributed by atoms with van der Waals surface area (Å²) in [4.78, 5) is 25.2. The summed E-state index contributed by atoms with van der Waals surface area (Å²) in [6, 6.07) is 0. The molecule has 3 heteroatoms. The number of carbonyl (C=O) groups is 2. The van der Waals surface area contributed by atoms with Gasteiger partial charge in [0.25, 0.3) is 0 Å². The summed E-state index contributed by atoms with van der Waals surface area (Å²) in [6.45, 7) is 6.68. The van der Waals surface area contributed by atoms with Gasteiger partial charge in [0.15, 0.2) is 0 Å². The minimum atomic E-state index is -0.822. The van der Waals surface area contributed by atoms with Gasteiger partial charge in [0.1, 0.15) is 11.2 Å². The lowest BCUT2D eigenvalue weighted by Crippen LogP contribution is -2.50. The Balaban J connectivity index is 2.30. The van der Waals surface area contributed by atoms with Crippen LogP contribution in [0, 0.1) is 23.2 Å². The van der Waals surface area contributed by atoms with Crippen molar-refractivity contribution in [3.8, 4) is 0 Å². The number of hydrogen-bond acceptors (Lipinski definition) is 3. The average Bonchev–Trinajstić information content (AvgIpc) is 2.38. The zero-order chi connectivity index (χ0) is 14.8. The predicted molar refractivity (Wildman–Crippen MR) is 78.2 cm³/mol. The van der Waals surface area contributed by atoms with Crippen molar-refractivity contribution in [3.63, 3.8) is 0 Å². The molecule has 0 aromatic carbocycles. The second-order valence-corrected chi connectivity index (χ2v) is 6.94. The fourth-order valence-corrected chi connectivity index (χ4v) is 4.48. The average molecular weight is 280 g/mol. The molecule has 3 nitrogen and oxygen atoms in total. The molecule has 2 rings (SSSR count). The van der Waals surface area contributed by atoms with Crippen LogP contribution in [-0.2, 0) is 14.3 Å². The van der Waals surface area contributed by atoms with Gasteiger partial charge in [0.05, 0.1) is 6.61 Å². The number of hydrogen-bond donors (Lipinski definition) is 0. The first-order chi connectivity index (χ1) is 9.50. The number of ketones is 1. The van der Waals surface area contributed by atoms with E-state index in [-0.39, 0.29) is 17.7 Å². The Labute approximate surface area is 122 Å². The highest BCUT2D eigenvalue weighted by atomic mass is 16.5. The minimum Gasteiger partial charge on any atom is -0.465 e. The first-order valence-corrected chi connectivity index (χ1v) is 8.21. The third kappa shape index (κ3) is 2.77. The van der Waals surface area contributed by atoms with Gasteiger partial charge in [0, 0.05) is 6.42 Å². The summed E-state index contributed by atoms with van der Waals surface area (Å²) in [7, 11) is 0. The summed E-state index contributed by atoms with van der Waals surface area (Å²) in [5.41, 5.74) is -0.822. The second-order valence-electron chi connectivity index (χ2n) is 6.94. The molecular weight excluding hydrogens is 252 g/mol. The van der Waals surface area contributed by atoms with Crippen molar-refractivity contribution in [2.75, 3.05) is 6.61 Å². The van der Waals surface area contributed by atoms with E-state index < -0.39 is 5.41 Å². The number of rotatable bonds is 3. The lowest BCUT2D eigenvalue weighted by molar-refractivity contribution is -0.168. The van der Waals surface area contributed by atoms with Crippen molar-refractivity contribution in [2.24, 2.45) is 23.2 Å². The van der Waals surface area contributed by atoms with Crippen LogP contribution >= 0.6 is 0 Å². The second kappa shape index (κ2) is 6.28. The molecule has 0 heterocycles. The Bertz CT molecular complexity index is 366. The van der Waals surface area contributed by atoms with Gasteiger partial charge in [-0.05, 0) is 56.8 Å². The zero-order valence-corrected chi connectivity index (χ0v) is 13.1. The molecule has 2 aliphatic rings. The lowest BCUT2D eigenvalue weighted by atomic mass is 9.58. The standard InChI is InChI=1S/C17H28O3/c1-4-20-16(19)17(8-6-5-7-15(17)18)14-10-12(2)9-13(3)11-14/h12-14H,4-11H2,1-3H3. The van der Waals surface area contributed by atoms with Gasteiger partial charge in [-0.3, -0.25) is 9.59 Å². The molecule has 20 heavy (non-hydrogen) atoms. The van der Waals surface area contributed by atoms with Gasteiger partial charge < -0.3 is 4.74 Å². The van der Waals surface area contributed by atoms with Crippen LogP contribution in [0.5, 0.6) is 0 Å². The molecular formula is C17H28O3. The summed E-state index contributed by atoms with van der Waals surface area (Å²) >= 11 is 0. The largest absolute Gasteiger partial charge is 0.465 e. The maximum Gasteiger partial charge on any atom is 0.319 e. The molecule has 3 unspecified atom stereocenters. The number of ether oxygens (including phenoxy) is 1. The Morgan fingerprint density at radius 1 is 1.20 bits per heavy atom. The molecule has 0 aliphatic heterocycles. The fourth-order valence-electron chi connectivity index (χ4n) is 4.48. The van der Waals surface area contributed by atoms with E-state index in [2.05, 4.69) is 13.8 Å². The van der Waals surface area contributed by atoms with E-state index in [1.54, 1.807) is 0 Å². The van der Waals surface area contributed by atoms with Crippen LogP contribution in [0.1, 0.15) is 65.7 Å². The van der Waals surface area contributed by atoms with E-state index in [4.69, 9.17) is 4.74 Å². The summed E-state index contributed by atoms with van der Waals surface area (Å²) in [6.07, 6.45) is 6.36. The van der Waals surface area contributed by atoms with Crippen molar-refractivity contribution in [3.05, 3.63) is 0 Å². The molecule has 0 bridgehead atoms. The SMILES string of the molecule is CCOC(=O)C1(C2CC(C)CC(C)C2)CCCCC1=O. The van der Waals surface area contributed by atoms with Gasteiger partial charge in [0.2, 0.25) is 0 Å². The van der Waals surface area contributed by atoms with Gasteiger partial charge >= 0.3 is 5.97 Å². The van der Waals surface area contributed by atoms with Crippen LogP contribution in [0.2, 0.25) is 0 Å². The Kier molecular flexibility index (Phi) is 4.87. The van der Waals surface area contributed by atoms with Gasteiger partial charge in [-0.25, -0.2) is 0 Å². The molecule has 0 spiro atoms. The predicted octanol–water partition coefficient (Wildman–Crippen LogP) is 3.75. The molecule has 0 saturated heterocycles. The fraction of sp³-hybridized carbons (Fsp3) is 0.882. The van der Waals surface area contributed by atoms with Crippen molar-refractivity contribution in [1.82, 2.24) is 0 Å². The highest BCUT2D eigenvalue weighted by Crippen LogP contribution is 2.49. The van der Waals surface area contributed by atoms with Crippen molar-refractivity contribution < 1.29 is 14.3 Å². The third-order valence-electron chi connectivity index (χ3n) is 5.24. The normalized spacial score (nSPS) is 38.5. The Morgan fingerprint density at radius 2 is 1.85 bits per heavy atom. The van der Waals surface area contributed by atoms with Crippen LogP contribution in [0.15, 0.2) is 0 Å². The number of esters is 1. The van der Waals surface area contributed by atoms with Crippen LogP contribution in [0.3, 0.4) is 0 Å². The minimum absolute atomic E-state index is 0.147. The van der Waals surface area contributed by atoms with E-state index in [0.717, 1.165) is 25.7 Å². The van der Waals surface area contributed by atoms with Crippen molar-refractivity contribution in [1.29, 1.82) is 0 Å². The van der Waals surface area contributed by atoms with E-state index in [1.807, 2.05) is 6.92 Å². The highest BCUT2D eigenvalue weighted by Gasteiger charge is 2.54. The quantitative estimate of drug-likeness (QED) is 0.584. The lowest BCUT2D eigenvalue weighted by Gasteiger charge is -2.44. The highest BCUT2D eigenvalue weighted by molar-refractivity contribution is 6.04. The monoisotopic (exact) mass is 280 g/mol. The maximum absolute atomic E-state index is 12.6. The summed E-state index contributed by atoms with van der Waals surface area (Å²) in [5.74, 6) is 1.30. The van der Waals surface area contributed by atoms with E-state index in [0.29, 0.717) is 31.3 Å². The molecule has 0 amide bonds. The van der Waals surface area contributed by atoms with E-state index >= 15 is 0 Å². The first kappa shape index (κ1) is 15.5. The van der Waals surface area contributed by atoms with Crippen LogP contribution in [-0.4, -0.2) is 18.4 Å². The summed E-state index contributed by atoms with van der Waals surface area (Å²) < 4.78 is 5.32. The molecule has 0 aromatic rings. The smallest absolute Gasteiger partial charge is 0.319 e. The van der Waals surface area contributed by atoms with Gasteiger partial charge in [-0.15, -0.1) is 0 Å². The maximum atomic E-state index is 12.6. The topological polar surface area (TPSA) is 43.4 Å². The molecule has 2 aliphatic carbocycles. The number of carbonyl (C=O) groups excluding carboxylic acids is 2. The first-order valence-electron chi connectivity index (χ1n) is 8.21. The molecule has 2 fully saturated rings. The van der Waals surface area contributed by atoms with Crippen molar-refractivity contribution >= 4 is 11.8 Å². The molecule has 3 atom stereocenters. The summed E-state index contributed by atoms with van der Waals surface area (Å²) in [5, 5.41) is 0. The van der Waals surface area contributed by atoms with E-state index in [9.17, 15) is 9.59 Å². The number of Topliss-reactive ketones (excluding diaryl/α,β-unsaturated/α-hetero) is 1. The zero-order valence-electron chi connectivity index (χ0n) is 13.1. The Morgan fingerprint density at radius 3 is 2.40 bits per heavy atom. The van der Waals surface area contributed by atoms with Crippen LogP contribution < -0.4 is 0 Å². The molecule has 0 radical (unpaired) electrons. The van der Waals surface area contributed by atoms with Gasteiger partial charge in [-0.1, -0.05) is 20.3 Å². The molecule has 0 N–H and O–H groups in total. The molecule has 114 valence electrons. The Hall–Kier alpha value is -0.860. The third-order valence-corrected chi connectivity index (χ3v) is 5.24. The molecule has 2 saturated carbocycles. The van der Waals surface area contributed by atoms with Crippen LogP contribution in [0.25, 0.3) is 0 Å². The van der Waals surface area contributed by atoms with Crippen molar-refractivity contribution in [2.45, 2.75) is 65.7 Å². The molecule has 0 aromatic heterocycles. The van der Waals surface area contributed by atoms with Crippen LogP contribution in [0.4, 0.5) is 0 Å². The van der Waals surface area contributed by atoms with E-state index in [1.165, 1.54) is 6.42 Å².